The number of ether oxygens (including phenoxy) is 4. The van der Waals surface area contributed by atoms with E-state index in [-0.39, 0.29) is 22.5 Å². The van der Waals surface area contributed by atoms with Gasteiger partial charge in [-0.2, -0.15) is 4.98 Å². The number of aromatic nitrogens is 2. The van der Waals surface area contributed by atoms with Gasteiger partial charge in [-0.05, 0) is 65.9 Å². The maximum absolute atomic E-state index is 13.4. The van der Waals surface area contributed by atoms with Gasteiger partial charge in [-0.15, -0.1) is 0 Å². The predicted molar refractivity (Wildman–Crippen MR) is 157 cm³/mol. The number of hydrogen-bond acceptors (Lipinski definition) is 10. The molecule has 4 atom stereocenters. The lowest BCUT2D eigenvalue weighted by Gasteiger charge is -2.34. The molecule has 1 fully saturated rings. The van der Waals surface area contributed by atoms with Gasteiger partial charge in [-0.1, -0.05) is 54.6 Å². The summed E-state index contributed by atoms with van der Waals surface area (Å²) in [5.74, 6) is -2.41. The molecule has 1 aliphatic rings. The van der Waals surface area contributed by atoms with Gasteiger partial charge in [-0.25, -0.2) is 19.2 Å². The number of nitrogens with two attached hydrogens (primary N) is 1. The van der Waals surface area contributed by atoms with E-state index in [1.54, 1.807) is 54.6 Å². The number of esters is 3. The molecule has 42 heavy (non-hydrogen) atoms. The lowest BCUT2D eigenvalue weighted by atomic mass is 9.97. The molecule has 0 bridgehead atoms. The van der Waals surface area contributed by atoms with E-state index in [1.807, 2.05) is 22.6 Å². The number of hydrogen-bond donors (Lipinski definition) is 1. The number of nitrogens with zero attached hydrogens (tertiary/aromatic N) is 2. The number of rotatable bonds is 7. The van der Waals surface area contributed by atoms with Crippen molar-refractivity contribution in [3.8, 4) is 0 Å². The number of anilines is 1. The molecular formula is C30H24IN3O8. The van der Waals surface area contributed by atoms with E-state index in [2.05, 4.69) is 4.98 Å². The first kappa shape index (κ1) is 29.0. The normalized spacial score (nSPS) is 21.3. The number of nitrogen functional groups attached to an aromatic ring is 1. The summed E-state index contributed by atoms with van der Waals surface area (Å²) >= 11 is 1.88. The summed E-state index contributed by atoms with van der Waals surface area (Å²) in [6, 6.07) is 24.3. The van der Waals surface area contributed by atoms with Crippen LogP contribution in [0.3, 0.4) is 0 Å². The summed E-state index contributed by atoms with van der Waals surface area (Å²) in [6.07, 6.45) is -3.23. The number of carbonyl (C=O) groups excluding carboxylic acids is 3. The van der Waals surface area contributed by atoms with Gasteiger partial charge in [0.15, 0.2) is 11.8 Å². The summed E-state index contributed by atoms with van der Waals surface area (Å²) in [7, 11) is 0. The van der Waals surface area contributed by atoms with E-state index in [9.17, 15) is 19.2 Å². The molecule has 0 radical (unpaired) electrons. The van der Waals surface area contributed by atoms with E-state index >= 15 is 0 Å². The summed E-state index contributed by atoms with van der Waals surface area (Å²) in [4.78, 5) is 56.7. The third-order valence-electron chi connectivity index (χ3n) is 6.55. The standard InChI is InChI=1S/C30H24IN3O8/c1-30(42-26(37)20-15-9-4-10-16-20)22(39-24(35)18-11-5-2-6-12-18)27(40-25(36)19-13-7-3-8-14-19)41-28(30)34-17-21(31)23(32)33-29(34)38/h2-17,22,27-28H,1H3,(H2,32,33,38)/t22-,27?,28-,30-/m1/s1. The number of halogens is 1. The maximum atomic E-state index is 13.4. The Balaban J connectivity index is 1.61. The Labute approximate surface area is 253 Å². The van der Waals surface area contributed by atoms with Crippen LogP contribution in [0.4, 0.5) is 5.82 Å². The van der Waals surface area contributed by atoms with Crippen molar-refractivity contribution in [2.45, 2.75) is 31.1 Å². The van der Waals surface area contributed by atoms with Gasteiger partial charge < -0.3 is 24.7 Å². The molecule has 1 unspecified atom stereocenters. The fourth-order valence-corrected chi connectivity index (χ4v) is 4.84. The Morgan fingerprint density at radius 2 is 1.31 bits per heavy atom. The smallest absolute Gasteiger partial charge is 0.351 e. The van der Waals surface area contributed by atoms with Crippen molar-refractivity contribution in [1.82, 2.24) is 9.55 Å². The average Bonchev–Trinajstić information content (AvgIpc) is 3.26. The van der Waals surface area contributed by atoms with Crippen molar-refractivity contribution in [3.05, 3.63) is 128 Å². The molecule has 11 nitrogen and oxygen atoms in total. The molecule has 1 aromatic heterocycles. The third kappa shape index (κ3) is 5.90. The monoisotopic (exact) mass is 681 g/mol. The Kier molecular flexibility index (Phi) is 8.36. The Morgan fingerprint density at radius 1 is 0.833 bits per heavy atom. The average molecular weight is 681 g/mol. The van der Waals surface area contributed by atoms with Crippen LogP contribution in [-0.2, 0) is 18.9 Å². The quantitative estimate of drug-likeness (QED) is 0.173. The SMILES string of the molecule is C[C@@]1(OC(=O)c2ccccc2)[C@H](OC(=O)c2ccccc2)C(OC(=O)c2ccccc2)O[C@H]1n1cc(I)c(N)nc1=O. The lowest BCUT2D eigenvalue weighted by molar-refractivity contribution is -0.150. The first-order valence-corrected chi connectivity index (χ1v) is 13.8. The predicted octanol–water partition coefficient (Wildman–Crippen LogP) is 3.98. The van der Waals surface area contributed by atoms with Crippen molar-refractivity contribution < 1.29 is 33.3 Å². The van der Waals surface area contributed by atoms with Gasteiger partial charge in [0.1, 0.15) is 5.82 Å². The first-order chi connectivity index (χ1) is 20.2. The molecule has 0 amide bonds. The van der Waals surface area contributed by atoms with E-state index in [1.165, 1.54) is 49.5 Å². The van der Waals surface area contributed by atoms with E-state index in [0.717, 1.165) is 4.57 Å². The van der Waals surface area contributed by atoms with Gasteiger partial charge in [-0.3, -0.25) is 4.57 Å². The molecule has 0 spiro atoms. The zero-order valence-electron chi connectivity index (χ0n) is 22.1. The van der Waals surface area contributed by atoms with Crippen molar-refractivity contribution in [2.75, 3.05) is 5.73 Å². The highest BCUT2D eigenvalue weighted by atomic mass is 127. The molecule has 1 aliphatic heterocycles. The van der Waals surface area contributed by atoms with Crippen molar-refractivity contribution in [3.63, 3.8) is 0 Å². The summed E-state index contributed by atoms with van der Waals surface area (Å²) in [5, 5.41) is 0. The molecule has 5 rings (SSSR count). The van der Waals surface area contributed by atoms with Crippen LogP contribution in [0.25, 0.3) is 0 Å². The van der Waals surface area contributed by atoms with Gasteiger partial charge in [0, 0.05) is 6.20 Å². The van der Waals surface area contributed by atoms with Crippen LogP contribution in [0.5, 0.6) is 0 Å². The zero-order valence-corrected chi connectivity index (χ0v) is 24.2. The summed E-state index contributed by atoms with van der Waals surface area (Å²) in [6.45, 7) is 1.42. The van der Waals surface area contributed by atoms with E-state index < -0.39 is 47.8 Å². The van der Waals surface area contributed by atoms with Crippen LogP contribution < -0.4 is 11.4 Å². The molecule has 0 aliphatic carbocycles. The minimum atomic E-state index is -1.91. The zero-order chi connectivity index (χ0) is 29.9. The van der Waals surface area contributed by atoms with Crippen LogP contribution in [0, 0.1) is 3.57 Å². The van der Waals surface area contributed by atoms with Crippen LogP contribution in [0.1, 0.15) is 44.2 Å². The van der Waals surface area contributed by atoms with E-state index in [0.29, 0.717) is 3.57 Å². The molecule has 4 aromatic rings. The fourth-order valence-electron chi connectivity index (χ4n) is 4.42. The highest BCUT2D eigenvalue weighted by molar-refractivity contribution is 14.1. The van der Waals surface area contributed by atoms with Crippen molar-refractivity contribution >= 4 is 46.3 Å². The molecule has 3 aromatic carbocycles. The number of carbonyl (C=O) groups is 3. The Hall–Kier alpha value is -4.56. The highest BCUT2D eigenvalue weighted by Gasteiger charge is 2.62. The lowest BCUT2D eigenvalue weighted by Crippen LogP contribution is -2.51. The van der Waals surface area contributed by atoms with Gasteiger partial charge in [0.2, 0.25) is 12.4 Å². The molecule has 12 heteroatoms. The Morgan fingerprint density at radius 3 is 1.83 bits per heavy atom. The topological polar surface area (TPSA) is 149 Å². The molecule has 0 saturated carbocycles. The first-order valence-electron chi connectivity index (χ1n) is 12.7. The third-order valence-corrected chi connectivity index (χ3v) is 7.38. The van der Waals surface area contributed by atoms with Crippen LogP contribution in [0.2, 0.25) is 0 Å². The minimum Gasteiger partial charge on any atom is -0.448 e. The summed E-state index contributed by atoms with van der Waals surface area (Å²) in [5.41, 5.74) is 3.66. The second-order valence-corrected chi connectivity index (χ2v) is 10.6. The van der Waals surface area contributed by atoms with Crippen molar-refractivity contribution in [2.24, 2.45) is 0 Å². The Bertz CT molecular complexity index is 1670. The van der Waals surface area contributed by atoms with Crippen LogP contribution >= 0.6 is 22.6 Å². The van der Waals surface area contributed by atoms with Crippen molar-refractivity contribution in [1.29, 1.82) is 0 Å². The molecular weight excluding hydrogens is 657 g/mol. The second kappa shape index (κ2) is 12.1. The van der Waals surface area contributed by atoms with Gasteiger partial charge in [0.05, 0.1) is 20.3 Å². The second-order valence-electron chi connectivity index (χ2n) is 9.42. The number of benzene rings is 3. The molecule has 2 heterocycles. The van der Waals surface area contributed by atoms with Crippen LogP contribution in [0.15, 0.2) is 102 Å². The van der Waals surface area contributed by atoms with E-state index in [4.69, 9.17) is 24.7 Å². The fraction of sp³-hybridized carbons (Fsp3) is 0.167. The molecule has 2 N–H and O–H groups in total. The maximum Gasteiger partial charge on any atom is 0.351 e. The highest BCUT2D eigenvalue weighted by Crippen LogP contribution is 2.44. The minimum absolute atomic E-state index is 0.0167. The molecule has 214 valence electrons. The molecule has 1 saturated heterocycles. The van der Waals surface area contributed by atoms with Gasteiger partial charge >= 0.3 is 23.6 Å². The van der Waals surface area contributed by atoms with Gasteiger partial charge in [0.25, 0.3) is 0 Å². The largest absolute Gasteiger partial charge is 0.448 e. The van der Waals surface area contributed by atoms with Crippen LogP contribution in [-0.4, -0.2) is 45.5 Å². The summed E-state index contributed by atoms with van der Waals surface area (Å²) < 4.78 is 25.1.